The Morgan fingerprint density at radius 1 is 1.30 bits per heavy atom. The first-order valence-electron chi connectivity index (χ1n) is 10.5. The zero-order valence-electron chi connectivity index (χ0n) is 18.9. The van der Waals surface area contributed by atoms with E-state index in [1.807, 2.05) is 0 Å². The van der Waals surface area contributed by atoms with Crippen LogP contribution in [0.4, 0.5) is 0 Å². The monoisotopic (exact) mass is 412 g/mol. The predicted molar refractivity (Wildman–Crippen MR) is 115 cm³/mol. The van der Waals surface area contributed by atoms with E-state index in [9.17, 15) is 9.59 Å². The van der Waals surface area contributed by atoms with E-state index >= 15 is 0 Å². The molecule has 0 N–H and O–H groups in total. The van der Waals surface area contributed by atoms with Crippen molar-refractivity contribution >= 4 is 11.7 Å². The lowest BCUT2D eigenvalue weighted by atomic mass is 9.75. The maximum Gasteiger partial charge on any atom is 0.255 e. The van der Waals surface area contributed by atoms with Crippen molar-refractivity contribution in [2.75, 3.05) is 27.3 Å². The van der Waals surface area contributed by atoms with E-state index in [0.29, 0.717) is 36.9 Å². The van der Waals surface area contributed by atoms with E-state index in [0.717, 1.165) is 29.8 Å². The third kappa shape index (κ3) is 4.61. The van der Waals surface area contributed by atoms with Crippen molar-refractivity contribution in [3.05, 3.63) is 40.8 Å². The Morgan fingerprint density at radius 3 is 2.63 bits per heavy atom. The van der Waals surface area contributed by atoms with Gasteiger partial charge in [-0.25, -0.2) is 9.67 Å². The maximum absolute atomic E-state index is 12.9. The molecule has 0 spiro atoms. The van der Waals surface area contributed by atoms with E-state index in [1.165, 1.54) is 0 Å². The summed E-state index contributed by atoms with van der Waals surface area (Å²) >= 11 is 0. The first-order valence-corrected chi connectivity index (χ1v) is 10.5. The standard InChI is InChI=1S/C23H32N4O3/c1-15(2)11-17-21-18(12-23(3,4)13-19(21)28)27(25-17)20-8-7-16(14-24-20)22(29)26(5)9-10-30-6/h7-8,14-15H,9-13H2,1-6H3. The number of fused-ring (bicyclic) bond motifs is 1. The van der Waals surface area contributed by atoms with Crippen LogP contribution in [0.1, 0.15) is 66.2 Å². The summed E-state index contributed by atoms with van der Waals surface area (Å²) in [4.78, 5) is 31.6. The van der Waals surface area contributed by atoms with Gasteiger partial charge in [0.2, 0.25) is 0 Å². The molecule has 3 rings (SSSR count). The first kappa shape index (κ1) is 22.2. The quantitative estimate of drug-likeness (QED) is 0.697. The Morgan fingerprint density at radius 2 is 2.03 bits per heavy atom. The molecule has 0 aliphatic heterocycles. The van der Waals surface area contributed by atoms with Gasteiger partial charge in [0, 0.05) is 33.3 Å². The summed E-state index contributed by atoms with van der Waals surface area (Å²) < 4.78 is 6.84. The lowest BCUT2D eigenvalue weighted by Gasteiger charge is -2.29. The highest BCUT2D eigenvalue weighted by Crippen LogP contribution is 2.37. The molecule has 162 valence electrons. The summed E-state index contributed by atoms with van der Waals surface area (Å²) in [5, 5.41) is 4.79. The van der Waals surface area contributed by atoms with Gasteiger partial charge >= 0.3 is 0 Å². The molecule has 0 bridgehead atoms. The van der Waals surface area contributed by atoms with Crippen molar-refractivity contribution in [1.29, 1.82) is 0 Å². The number of hydrogen-bond acceptors (Lipinski definition) is 5. The fourth-order valence-corrected chi connectivity index (χ4v) is 3.93. The van der Waals surface area contributed by atoms with Crippen molar-refractivity contribution in [3.8, 4) is 5.82 Å². The zero-order chi connectivity index (χ0) is 22.1. The number of Topliss-reactive ketones (excluding diaryl/α,β-unsaturated/α-hetero) is 1. The summed E-state index contributed by atoms with van der Waals surface area (Å²) in [6.07, 6.45) is 3.63. The van der Waals surface area contributed by atoms with Crippen molar-refractivity contribution in [2.45, 2.75) is 47.0 Å². The van der Waals surface area contributed by atoms with Crippen LogP contribution < -0.4 is 0 Å². The Kier molecular flexibility index (Phi) is 6.41. The zero-order valence-corrected chi connectivity index (χ0v) is 18.9. The molecule has 1 amide bonds. The second kappa shape index (κ2) is 8.68. The average Bonchev–Trinajstić information content (AvgIpc) is 3.01. The van der Waals surface area contributed by atoms with Gasteiger partial charge in [-0.2, -0.15) is 5.10 Å². The van der Waals surface area contributed by atoms with Gasteiger partial charge < -0.3 is 9.64 Å². The minimum Gasteiger partial charge on any atom is -0.383 e. The number of rotatable bonds is 7. The molecular weight excluding hydrogens is 380 g/mol. The van der Waals surface area contributed by atoms with Crippen LogP contribution in [0, 0.1) is 11.3 Å². The molecule has 2 heterocycles. The molecule has 0 unspecified atom stereocenters. The fraction of sp³-hybridized carbons (Fsp3) is 0.565. The molecule has 0 saturated heterocycles. The van der Waals surface area contributed by atoms with Crippen LogP contribution in [0.3, 0.4) is 0 Å². The van der Waals surface area contributed by atoms with Gasteiger partial charge in [-0.3, -0.25) is 9.59 Å². The van der Waals surface area contributed by atoms with Gasteiger partial charge in [-0.05, 0) is 36.3 Å². The molecule has 0 aromatic carbocycles. The molecule has 2 aromatic heterocycles. The number of amides is 1. The number of ether oxygens (including phenoxy) is 1. The van der Waals surface area contributed by atoms with Crippen molar-refractivity contribution < 1.29 is 14.3 Å². The van der Waals surface area contributed by atoms with Crippen molar-refractivity contribution in [3.63, 3.8) is 0 Å². The summed E-state index contributed by atoms with van der Waals surface area (Å²) in [6, 6.07) is 3.57. The summed E-state index contributed by atoms with van der Waals surface area (Å²) in [6.45, 7) is 9.47. The molecule has 7 nitrogen and oxygen atoms in total. The molecule has 1 aliphatic carbocycles. The third-order valence-electron chi connectivity index (χ3n) is 5.41. The smallest absolute Gasteiger partial charge is 0.255 e. The SMILES string of the molecule is COCCN(C)C(=O)c1ccc(-n2nc(CC(C)C)c3c2CC(C)(C)CC3=O)nc1. The largest absolute Gasteiger partial charge is 0.383 e. The van der Waals surface area contributed by atoms with E-state index in [1.54, 1.807) is 42.1 Å². The van der Waals surface area contributed by atoms with Crippen LogP contribution in [0.5, 0.6) is 0 Å². The summed E-state index contributed by atoms with van der Waals surface area (Å²) in [5.74, 6) is 1.08. The normalized spacial score (nSPS) is 15.4. The number of methoxy groups -OCH3 is 1. The highest BCUT2D eigenvalue weighted by Gasteiger charge is 2.36. The molecule has 7 heteroatoms. The van der Waals surface area contributed by atoms with Crippen LogP contribution >= 0.6 is 0 Å². The molecule has 0 atom stereocenters. The highest BCUT2D eigenvalue weighted by molar-refractivity contribution is 6.00. The van der Waals surface area contributed by atoms with Crippen LogP contribution in [-0.2, 0) is 17.6 Å². The fourth-order valence-electron chi connectivity index (χ4n) is 3.93. The Bertz CT molecular complexity index is 929. The lowest BCUT2D eigenvalue weighted by molar-refractivity contribution is 0.0743. The highest BCUT2D eigenvalue weighted by atomic mass is 16.5. The third-order valence-corrected chi connectivity index (χ3v) is 5.41. The average molecular weight is 413 g/mol. The maximum atomic E-state index is 12.9. The molecule has 1 aliphatic rings. The van der Waals surface area contributed by atoms with Gasteiger partial charge in [0.15, 0.2) is 11.6 Å². The molecule has 0 fully saturated rings. The van der Waals surface area contributed by atoms with Crippen molar-refractivity contribution in [1.82, 2.24) is 19.7 Å². The number of pyridine rings is 1. The number of carbonyl (C=O) groups excluding carboxylic acids is 2. The number of ketones is 1. The topological polar surface area (TPSA) is 77.3 Å². The van der Waals surface area contributed by atoms with E-state index < -0.39 is 0 Å². The number of hydrogen-bond donors (Lipinski definition) is 0. The molecule has 30 heavy (non-hydrogen) atoms. The Hall–Kier alpha value is -2.54. The molecule has 0 saturated carbocycles. The van der Waals surface area contributed by atoms with Gasteiger partial charge in [0.25, 0.3) is 5.91 Å². The van der Waals surface area contributed by atoms with E-state index in [2.05, 4.69) is 32.7 Å². The predicted octanol–water partition coefficient (Wildman–Crippen LogP) is 3.34. The number of likely N-dealkylation sites (N-methyl/N-ethyl adjacent to an activating group) is 1. The van der Waals surface area contributed by atoms with Crippen molar-refractivity contribution in [2.24, 2.45) is 11.3 Å². The molecular formula is C23H32N4O3. The van der Waals surface area contributed by atoms with Gasteiger partial charge in [0.05, 0.1) is 29.1 Å². The van der Waals surface area contributed by atoms with Crippen LogP contribution in [0.2, 0.25) is 0 Å². The Balaban J connectivity index is 1.96. The van der Waals surface area contributed by atoms with E-state index in [-0.39, 0.29) is 17.1 Å². The number of nitrogens with zero attached hydrogens (tertiary/aromatic N) is 4. The van der Waals surface area contributed by atoms with Gasteiger partial charge in [-0.1, -0.05) is 27.7 Å². The number of aromatic nitrogens is 3. The minimum absolute atomic E-state index is 0.106. The lowest BCUT2D eigenvalue weighted by Crippen LogP contribution is -2.30. The van der Waals surface area contributed by atoms with Crippen LogP contribution in [-0.4, -0.2) is 58.7 Å². The minimum atomic E-state index is -0.114. The summed E-state index contributed by atoms with van der Waals surface area (Å²) in [5.41, 5.74) is 2.94. The first-order chi connectivity index (χ1) is 14.1. The van der Waals surface area contributed by atoms with Crippen LogP contribution in [0.15, 0.2) is 18.3 Å². The second-order valence-corrected chi connectivity index (χ2v) is 9.34. The Labute approximate surface area is 178 Å². The van der Waals surface area contributed by atoms with Gasteiger partial charge in [-0.15, -0.1) is 0 Å². The van der Waals surface area contributed by atoms with E-state index in [4.69, 9.17) is 9.84 Å². The number of carbonyl (C=O) groups is 2. The summed E-state index contributed by atoms with van der Waals surface area (Å²) in [7, 11) is 3.35. The molecule has 2 aromatic rings. The second-order valence-electron chi connectivity index (χ2n) is 9.34. The van der Waals surface area contributed by atoms with Crippen LogP contribution in [0.25, 0.3) is 5.82 Å². The molecule has 0 radical (unpaired) electrons. The van der Waals surface area contributed by atoms with Gasteiger partial charge in [0.1, 0.15) is 0 Å².